The van der Waals surface area contributed by atoms with Crippen molar-refractivity contribution in [2.45, 2.75) is 95.6 Å². The smallest absolute Gasteiger partial charge is 0.340 e. The molecule has 2 aromatic rings. The third kappa shape index (κ3) is 7.27. The number of fused-ring (bicyclic) bond motifs is 1. The highest BCUT2D eigenvalue weighted by atomic mass is 16.7. The predicted octanol–water partition coefficient (Wildman–Crippen LogP) is 3.38. The summed E-state index contributed by atoms with van der Waals surface area (Å²) in [5.74, 6) is -1.46. The Balaban J connectivity index is 1.40. The highest BCUT2D eigenvalue weighted by molar-refractivity contribution is 6.04. The number of ether oxygens (including phenoxy) is 3. The summed E-state index contributed by atoms with van der Waals surface area (Å²) in [6.45, 7) is 3.70. The van der Waals surface area contributed by atoms with Crippen molar-refractivity contribution >= 4 is 22.8 Å². The van der Waals surface area contributed by atoms with Gasteiger partial charge in [-0.2, -0.15) is 0 Å². The average molecular weight is 478 g/mol. The number of aliphatic hydroxyl groups is 2. The third-order valence-electron chi connectivity index (χ3n) is 6.15. The zero-order valence-corrected chi connectivity index (χ0v) is 19.7. The molecule has 1 aromatic heterocycles. The lowest BCUT2D eigenvalue weighted by molar-refractivity contribution is -0.273. The van der Waals surface area contributed by atoms with Crippen LogP contribution in [0, 0.1) is 0 Å². The Labute approximate surface area is 199 Å². The van der Waals surface area contributed by atoms with Gasteiger partial charge in [0.1, 0.15) is 12.2 Å². The number of aromatic nitrogens is 1. The maximum atomic E-state index is 12.7. The number of hydrogen-bond acceptors (Lipinski definition) is 7. The quantitative estimate of drug-likeness (QED) is 0.270. The van der Waals surface area contributed by atoms with Crippen LogP contribution < -0.4 is 0 Å². The third-order valence-corrected chi connectivity index (χ3v) is 6.15. The van der Waals surface area contributed by atoms with Crippen LogP contribution in [0.25, 0.3) is 10.9 Å². The lowest BCUT2D eigenvalue weighted by Crippen LogP contribution is -2.49. The number of esters is 1. The fraction of sp³-hybridized carbons (Fsp3) is 0.600. The summed E-state index contributed by atoms with van der Waals surface area (Å²) in [7, 11) is 0. The first-order chi connectivity index (χ1) is 16.2. The number of carbonyl (C=O) groups excluding carboxylic acids is 1. The van der Waals surface area contributed by atoms with Crippen LogP contribution in [-0.2, 0) is 19.0 Å². The molecule has 3 rings (SSSR count). The van der Waals surface area contributed by atoms with Crippen molar-refractivity contribution in [3.8, 4) is 0 Å². The van der Waals surface area contributed by atoms with E-state index in [1.54, 1.807) is 13.1 Å². The first-order valence-corrected chi connectivity index (χ1v) is 11.9. The maximum Gasteiger partial charge on any atom is 0.340 e. The highest BCUT2D eigenvalue weighted by Crippen LogP contribution is 2.27. The van der Waals surface area contributed by atoms with Crippen LogP contribution >= 0.6 is 0 Å². The van der Waals surface area contributed by atoms with Gasteiger partial charge in [0.15, 0.2) is 6.29 Å². The summed E-state index contributed by atoms with van der Waals surface area (Å²) in [5, 5.41) is 29.6. The zero-order chi connectivity index (χ0) is 24.7. The maximum absolute atomic E-state index is 12.7. The summed E-state index contributed by atoms with van der Waals surface area (Å²) in [6.07, 6.45) is 1.54. The van der Waals surface area contributed by atoms with Gasteiger partial charge in [-0.25, -0.2) is 4.79 Å². The van der Waals surface area contributed by atoms with E-state index < -0.39 is 42.6 Å². The molecule has 9 nitrogen and oxygen atoms in total. The summed E-state index contributed by atoms with van der Waals surface area (Å²) < 4.78 is 17.4. The first-order valence-electron chi connectivity index (χ1n) is 11.9. The molecule has 4 N–H and O–H groups in total. The average Bonchev–Trinajstić information content (AvgIpc) is 3.20. The van der Waals surface area contributed by atoms with Crippen LogP contribution in [0.4, 0.5) is 0 Å². The van der Waals surface area contributed by atoms with Gasteiger partial charge in [-0.15, -0.1) is 0 Å². The number of benzene rings is 1. The lowest BCUT2D eigenvalue weighted by atomic mass is 10.0. The van der Waals surface area contributed by atoms with Crippen molar-refractivity contribution in [2.24, 2.45) is 0 Å². The molecule has 1 saturated heterocycles. The second-order valence-corrected chi connectivity index (χ2v) is 9.04. The molecule has 0 spiro atoms. The number of carboxylic acid groups (broad SMARTS) is 1. The molecule has 0 amide bonds. The van der Waals surface area contributed by atoms with E-state index in [1.807, 2.05) is 31.2 Å². The molecule has 0 radical (unpaired) electrons. The molecule has 2 heterocycles. The number of carboxylic acids is 1. The SMILES string of the molecule is CC(CCCCCC(O)CC(=O)O)OC1OC(C)C(OC(=O)c2c[nH]c3ccccc23)CC1O. The number of nitrogens with one attached hydrogen (secondary N) is 1. The predicted molar refractivity (Wildman–Crippen MR) is 124 cm³/mol. The molecule has 0 saturated carbocycles. The van der Waals surface area contributed by atoms with Gasteiger partial charge < -0.3 is 34.5 Å². The van der Waals surface area contributed by atoms with E-state index in [9.17, 15) is 19.8 Å². The van der Waals surface area contributed by atoms with Crippen molar-refractivity contribution in [3.63, 3.8) is 0 Å². The van der Waals surface area contributed by atoms with Crippen molar-refractivity contribution in [1.29, 1.82) is 0 Å². The molecule has 1 aromatic carbocycles. The number of hydrogen-bond donors (Lipinski definition) is 4. The van der Waals surface area contributed by atoms with Gasteiger partial charge in [0.05, 0.1) is 30.3 Å². The molecule has 0 aliphatic carbocycles. The van der Waals surface area contributed by atoms with Gasteiger partial charge in [-0.1, -0.05) is 37.5 Å². The van der Waals surface area contributed by atoms with Crippen LogP contribution in [-0.4, -0.2) is 69.1 Å². The molecule has 0 bridgehead atoms. The van der Waals surface area contributed by atoms with Crippen LogP contribution in [0.15, 0.2) is 30.5 Å². The number of H-pyrrole nitrogens is 1. The van der Waals surface area contributed by atoms with Crippen LogP contribution in [0.1, 0.15) is 69.2 Å². The molecule has 34 heavy (non-hydrogen) atoms. The van der Waals surface area contributed by atoms with Crippen molar-refractivity contribution < 1.29 is 39.1 Å². The van der Waals surface area contributed by atoms with Crippen LogP contribution in [0.5, 0.6) is 0 Å². The van der Waals surface area contributed by atoms with E-state index in [0.29, 0.717) is 12.0 Å². The minimum absolute atomic E-state index is 0.152. The Hall–Kier alpha value is -2.46. The standard InChI is InChI=1S/C25H35NO8/c1-15(8-4-3-5-9-17(27)12-23(29)30)32-25-21(28)13-22(16(2)33-25)34-24(31)19-14-26-20-11-7-6-10-18(19)20/h6-7,10-11,14-17,21-22,25-28H,3-5,8-9,12-13H2,1-2H3,(H,29,30). The molecule has 1 aliphatic rings. The zero-order valence-electron chi connectivity index (χ0n) is 19.7. The number of aliphatic hydroxyl groups excluding tert-OH is 2. The van der Waals surface area contributed by atoms with Crippen LogP contribution in [0.2, 0.25) is 0 Å². The highest BCUT2D eigenvalue weighted by Gasteiger charge is 2.38. The van der Waals surface area contributed by atoms with Crippen molar-refractivity contribution in [2.75, 3.05) is 0 Å². The Bertz CT molecular complexity index is 944. The summed E-state index contributed by atoms with van der Waals surface area (Å²) in [6, 6.07) is 7.47. The molecule has 9 heteroatoms. The van der Waals surface area contributed by atoms with Gasteiger partial charge in [0.2, 0.25) is 0 Å². The van der Waals surface area contributed by atoms with Gasteiger partial charge in [0, 0.05) is 23.5 Å². The molecule has 1 aliphatic heterocycles. The fourth-order valence-electron chi connectivity index (χ4n) is 4.23. The largest absolute Gasteiger partial charge is 0.481 e. The van der Waals surface area contributed by atoms with E-state index in [0.717, 1.165) is 36.6 Å². The number of carbonyl (C=O) groups is 2. The Morgan fingerprint density at radius 1 is 1.21 bits per heavy atom. The van der Waals surface area contributed by atoms with E-state index in [1.165, 1.54) is 0 Å². The van der Waals surface area contributed by atoms with Gasteiger partial charge in [-0.3, -0.25) is 4.79 Å². The number of para-hydroxylation sites is 1. The van der Waals surface area contributed by atoms with E-state index >= 15 is 0 Å². The van der Waals surface area contributed by atoms with E-state index in [4.69, 9.17) is 19.3 Å². The Kier molecular flexibility index (Phi) is 9.46. The van der Waals surface area contributed by atoms with Gasteiger partial charge >= 0.3 is 11.9 Å². The van der Waals surface area contributed by atoms with Gasteiger partial charge in [-0.05, 0) is 32.8 Å². The molecule has 188 valence electrons. The second-order valence-electron chi connectivity index (χ2n) is 9.04. The fourth-order valence-corrected chi connectivity index (χ4v) is 4.23. The topological polar surface area (TPSA) is 138 Å². The minimum atomic E-state index is -0.996. The summed E-state index contributed by atoms with van der Waals surface area (Å²) >= 11 is 0. The number of aliphatic carboxylic acids is 1. The molecular weight excluding hydrogens is 442 g/mol. The van der Waals surface area contributed by atoms with Gasteiger partial charge in [0.25, 0.3) is 0 Å². The monoisotopic (exact) mass is 477 g/mol. The Morgan fingerprint density at radius 2 is 1.94 bits per heavy atom. The number of rotatable bonds is 12. The summed E-state index contributed by atoms with van der Waals surface area (Å²) in [5.41, 5.74) is 1.29. The second kappa shape index (κ2) is 12.3. The molecular formula is C25H35NO8. The van der Waals surface area contributed by atoms with E-state index in [2.05, 4.69) is 4.98 Å². The normalized spacial score (nSPS) is 24.6. The van der Waals surface area contributed by atoms with Crippen molar-refractivity contribution in [3.05, 3.63) is 36.0 Å². The van der Waals surface area contributed by atoms with Crippen molar-refractivity contribution in [1.82, 2.24) is 4.98 Å². The molecule has 6 unspecified atom stereocenters. The molecule has 1 fully saturated rings. The Morgan fingerprint density at radius 3 is 2.71 bits per heavy atom. The van der Waals surface area contributed by atoms with E-state index in [-0.39, 0.29) is 18.9 Å². The minimum Gasteiger partial charge on any atom is -0.481 e. The number of unbranched alkanes of at least 4 members (excludes halogenated alkanes) is 2. The first kappa shape index (κ1) is 26.2. The summed E-state index contributed by atoms with van der Waals surface area (Å²) in [4.78, 5) is 26.3. The van der Waals surface area contributed by atoms with Crippen LogP contribution in [0.3, 0.4) is 0 Å². The molecule has 6 atom stereocenters. The number of aromatic amines is 1. The lowest BCUT2D eigenvalue weighted by Gasteiger charge is -2.38.